The number of nitrogens with two attached hydrogens (primary N) is 1. The van der Waals surface area contributed by atoms with E-state index in [2.05, 4.69) is 23.9 Å². The van der Waals surface area contributed by atoms with E-state index in [0.29, 0.717) is 6.04 Å². The molecule has 0 aromatic heterocycles. The predicted octanol–water partition coefficient (Wildman–Crippen LogP) is 2.24. The van der Waals surface area contributed by atoms with Crippen LogP contribution in [0.2, 0.25) is 0 Å². The summed E-state index contributed by atoms with van der Waals surface area (Å²) >= 11 is 0. The molecule has 1 aromatic carbocycles. The van der Waals surface area contributed by atoms with Gasteiger partial charge in [0.05, 0.1) is 0 Å². The van der Waals surface area contributed by atoms with Crippen LogP contribution in [0.25, 0.3) is 0 Å². The van der Waals surface area contributed by atoms with E-state index < -0.39 is 0 Å². The van der Waals surface area contributed by atoms with Crippen LogP contribution in [0.4, 0.5) is 4.39 Å². The molecule has 1 saturated heterocycles. The summed E-state index contributed by atoms with van der Waals surface area (Å²) in [6.45, 7) is 4.16. The Balaban J connectivity index is 2.21. The predicted molar refractivity (Wildman–Crippen MR) is 81.1 cm³/mol. The van der Waals surface area contributed by atoms with Crippen LogP contribution in [0.3, 0.4) is 0 Å². The molecule has 0 amide bonds. The van der Waals surface area contributed by atoms with Crippen molar-refractivity contribution in [3.63, 3.8) is 0 Å². The maximum Gasteiger partial charge on any atom is 0.123 e. The summed E-state index contributed by atoms with van der Waals surface area (Å²) in [4.78, 5) is 4.73. The molecule has 3 nitrogen and oxygen atoms in total. The molecule has 1 aliphatic rings. The first-order valence-electron chi connectivity index (χ1n) is 7.40. The Morgan fingerprint density at radius 2 is 2.00 bits per heavy atom. The Morgan fingerprint density at radius 1 is 1.35 bits per heavy atom. The zero-order valence-electron chi connectivity index (χ0n) is 12.7. The monoisotopic (exact) mass is 279 g/mol. The van der Waals surface area contributed by atoms with Crippen LogP contribution in [0.5, 0.6) is 0 Å². The Morgan fingerprint density at radius 3 is 2.55 bits per heavy atom. The Kier molecular flexibility index (Phi) is 5.13. The van der Waals surface area contributed by atoms with Crippen LogP contribution in [-0.2, 0) is 0 Å². The minimum absolute atomic E-state index is 0.0308. The number of likely N-dealkylation sites (N-methyl/N-ethyl adjacent to an activating group) is 1. The van der Waals surface area contributed by atoms with E-state index >= 15 is 0 Å². The lowest BCUT2D eigenvalue weighted by atomic mass is 9.98. The summed E-state index contributed by atoms with van der Waals surface area (Å²) in [5, 5.41) is 0. The van der Waals surface area contributed by atoms with Gasteiger partial charge in [-0.15, -0.1) is 0 Å². The molecule has 4 heteroatoms. The Hall–Kier alpha value is -0.970. The lowest BCUT2D eigenvalue weighted by molar-refractivity contribution is 0.137. The third kappa shape index (κ3) is 3.57. The number of rotatable bonds is 5. The second kappa shape index (κ2) is 6.66. The number of benzene rings is 1. The van der Waals surface area contributed by atoms with E-state index in [-0.39, 0.29) is 17.9 Å². The van der Waals surface area contributed by atoms with Crippen molar-refractivity contribution in [1.29, 1.82) is 0 Å². The number of hydrogen-bond donors (Lipinski definition) is 1. The summed E-state index contributed by atoms with van der Waals surface area (Å²) in [6, 6.07) is 7.53. The normalized spacial score (nSPS) is 23.2. The van der Waals surface area contributed by atoms with Gasteiger partial charge in [0.15, 0.2) is 0 Å². The van der Waals surface area contributed by atoms with E-state index in [4.69, 9.17) is 5.73 Å². The summed E-state index contributed by atoms with van der Waals surface area (Å²) in [5.41, 5.74) is 7.35. The fourth-order valence-corrected chi connectivity index (χ4v) is 3.30. The molecule has 2 N–H and O–H groups in total. The quantitative estimate of drug-likeness (QED) is 0.897. The van der Waals surface area contributed by atoms with Gasteiger partial charge in [-0.1, -0.05) is 12.1 Å². The summed E-state index contributed by atoms with van der Waals surface area (Å²) < 4.78 is 13.1. The standard InChI is InChI=1S/C16H26FN3/c1-12(18)16(13-6-8-14(17)9-7-13)20-10-4-5-15(20)11-19(2)3/h6-9,12,15-16H,4-5,10-11,18H2,1-3H3. The summed E-state index contributed by atoms with van der Waals surface area (Å²) in [5.74, 6) is -0.191. The second-order valence-electron chi connectivity index (χ2n) is 6.15. The molecular weight excluding hydrogens is 253 g/mol. The molecular formula is C16H26FN3. The van der Waals surface area contributed by atoms with Crippen LogP contribution in [0, 0.1) is 5.82 Å². The molecule has 0 saturated carbocycles. The van der Waals surface area contributed by atoms with Crippen molar-refractivity contribution >= 4 is 0 Å². The highest BCUT2D eigenvalue weighted by Gasteiger charge is 2.33. The van der Waals surface area contributed by atoms with Gasteiger partial charge in [0.1, 0.15) is 5.82 Å². The topological polar surface area (TPSA) is 32.5 Å². The highest BCUT2D eigenvalue weighted by molar-refractivity contribution is 5.22. The minimum atomic E-state index is -0.191. The highest BCUT2D eigenvalue weighted by atomic mass is 19.1. The Bertz CT molecular complexity index is 416. The van der Waals surface area contributed by atoms with E-state index in [1.54, 1.807) is 0 Å². The minimum Gasteiger partial charge on any atom is -0.326 e. The third-order valence-electron chi connectivity index (χ3n) is 4.07. The molecule has 0 bridgehead atoms. The van der Waals surface area contributed by atoms with Crippen molar-refractivity contribution in [2.24, 2.45) is 5.73 Å². The average Bonchev–Trinajstić information content (AvgIpc) is 2.79. The molecule has 20 heavy (non-hydrogen) atoms. The molecule has 1 fully saturated rings. The maximum atomic E-state index is 13.1. The van der Waals surface area contributed by atoms with Crippen LogP contribution in [-0.4, -0.2) is 49.1 Å². The van der Waals surface area contributed by atoms with Gasteiger partial charge < -0.3 is 10.6 Å². The molecule has 3 atom stereocenters. The largest absolute Gasteiger partial charge is 0.326 e. The number of hydrogen-bond acceptors (Lipinski definition) is 3. The molecule has 1 aliphatic heterocycles. The van der Waals surface area contributed by atoms with E-state index in [1.165, 1.54) is 25.0 Å². The molecule has 0 spiro atoms. The van der Waals surface area contributed by atoms with Gasteiger partial charge in [0.25, 0.3) is 0 Å². The Labute approximate surface area is 121 Å². The molecule has 1 heterocycles. The lowest BCUT2D eigenvalue weighted by Gasteiger charge is -2.37. The van der Waals surface area contributed by atoms with Crippen molar-refractivity contribution in [3.05, 3.63) is 35.6 Å². The first-order valence-corrected chi connectivity index (χ1v) is 7.40. The zero-order valence-corrected chi connectivity index (χ0v) is 12.7. The van der Waals surface area contributed by atoms with Crippen molar-refractivity contribution in [1.82, 2.24) is 9.80 Å². The first-order chi connectivity index (χ1) is 9.49. The van der Waals surface area contributed by atoms with Gasteiger partial charge >= 0.3 is 0 Å². The fraction of sp³-hybridized carbons (Fsp3) is 0.625. The molecule has 2 rings (SSSR count). The first kappa shape index (κ1) is 15.4. The van der Waals surface area contributed by atoms with Crippen LogP contribution < -0.4 is 5.73 Å². The maximum absolute atomic E-state index is 13.1. The third-order valence-corrected chi connectivity index (χ3v) is 4.07. The zero-order chi connectivity index (χ0) is 14.7. The lowest BCUT2D eigenvalue weighted by Crippen LogP contribution is -2.45. The number of likely N-dealkylation sites (tertiary alicyclic amines) is 1. The molecule has 0 aliphatic carbocycles. The van der Waals surface area contributed by atoms with Gasteiger partial charge in [-0.2, -0.15) is 0 Å². The van der Waals surface area contributed by atoms with Crippen LogP contribution in [0.1, 0.15) is 31.4 Å². The number of halogens is 1. The van der Waals surface area contributed by atoms with E-state index in [9.17, 15) is 4.39 Å². The smallest absolute Gasteiger partial charge is 0.123 e. The van der Waals surface area contributed by atoms with E-state index in [1.807, 2.05) is 19.1 Å². The SMILES string of the molecule is CC(N)C(c1ccc(F)cc1)N1CCCC1CN(C)C. The van der Waals surface area contributed by atoms with Crippen LogP contribution >= 0.6 is 0 Å². The molecule has 3 unspecified atom stereocenters. The molecule has 1 aromatic rings. The van der Waals surface area contributed by atoms with Gasteiger partial charge in [0, 0.05) is 24.7 Å². The van der Waals surface area contributed by atoms with Gasteiger partial charge in [0.2, 0.25) is 0 Å². The number of nitrogens with zero attached hydrogens (tertiary/aromatic N) is 2. The van der Waals surface area contributed by atoms with Crippen molar-refractivity contribution in [3.8, 4) is 0 Å². The highest BCUT2D eigenvalue weighted by Crippen LogP contribution is 2.31. The fourth-order valence-electron chi connectivity index (χ4n) is 3.30. The second-order valence-corrected chi connectivity index (χ2v) is 6.15. The summed E-state index contributed by atoms with van der Waals surface area (Å²) in [6.07, 6.45) is 2.42. The van der Waals surface area contributed by atoms with E-state index in [0.717, 1.165) is 18.7 Å². The van der Waals surface area contributed by atoms with Gasteiger partial charge in [-0.25, -0.2) is 4.39 Å². The average molecular weight is 279 g/mol. The van der Waals surface area contributed by atoms with Crippen molar-refractivity contribution in [2.75, 3.05) is 27.2 Å². The summed E-state index contributed by atoms with van der Waals surface area (Å²) in [7, 11) is 4.21. The molecule has 0 radical (unpaired) electrons. The van der Waals surface area contributed by atoms with Crippen molar-refractivity contribution < 1.29 is 4.39 Å². The van der Waals surface area contributed by atoms with Gasteiger partial charge in [-0.3, -0.25) is 4.90 Å². The van der Waals surface area contributed by atoms with Crippen LogP contribution in [0.15, 0.2) is 24.3 Å². The van der Waals surface area contributed by atoms with Gasteiger partial charge in [-0.05, 0) is 58.1 Å². The molecule has 112 valence electrons. The van der Waals surface area contributed by atoms with Crippen molar-refractivity contribution in [2.45, 2.75) is 37.9 Å².